The summed E-state index contributed by atoms with van der Waals surface area (Å²) >= 11 is 0. The Hall–Kier alpha value is -1.03. The molecule has 10 heteroatoms. The van der Waals surface area contributed by atoms with E-state index in [0.29, 0.717) is 44.4 Å². The molecular weight excluding hydrogens is 369 g/mol. The number of sulfonamides is 1. The molecule has 2 fully saturated rings. The van der Waals surface area contributed by atoms with Crippen LogP contribution in [0.1, 0.15) is 38.5 Å². The highest BCUT2D eigenvalue weighted by Crippen LogP contribution is 2.37. The Morgan fingerprint density at radius 2 is 1.69 bits per heavy atom. The summed E-state index contributed by atoms with van der Waals surface area (Å²) in [5.74, 6) is -0.228. The van der Waals surface area contributed by atoms with E-state index in [1.807, 2.05) is 0 Å². The first-order valence-corrected chi connectivity index (χ1v) is 10.9. The zero-order valence-corrected chi connectivity index (χ0v) is 16.2. The molecule has 0 aromatic rings. The fraction of sp³-hybridized carbons (Fsp3) is 0.938. The van der Waals surface area contributed by atoms with Crippen LogP contribution in [0.5, 0.6) is 0 Å². The predicted octanol–water partition coefficient (Wildman–Crippen LogP) is 1.94. The van der Waals surface area contributed by atoms with E-state index < -0.39 is 22.1 Å². The van der Waals surface area contributed by atoms with Crippen molar-refractivity contribution >= 4 is 16.0 Å². The Balaban J connectivity index is 1.71. The highest BCUT2D eigenvalue weighted by molar-refractivity contribution is 7.88. The van der Waals surface area contributed by atoms with Gasteiger partial charge in [0.05, 0.1) is 12.2 Å². The van der Waals surface area contributed by atoms with Gasteiger partial charge in [-0.05, 0) is 44.4 Å². The summed E-state index contributed by atoms with van der Waals surface area (Å²) in [4.78, 5) is 4.15. The van der Waals surface area contributed by atoms with Crippen molar-refractivity contribution in [2.45, 2.75) is 50.7 Å². The molecular formula is C16H29F3N4O2S. The highest BCUT2D eigenvalue weighted by atomic mass is 32.2. The molecule has 0 aromatic carbocycles. The van der Waals surface area contributed by atoms with Gasteiger partial charge in [-0.3, -0.25) is 4.99 Å². The van der Waals surface area contributed by atoms with E-state index in [1.54, 1.807) is 7.05 Å². The molecule has 0 aromatic heterocycles. The number of piperidine rings is 1. The summed E-state index contributed by atoms with van der Waals surface area (Å²) in [6, 6.07) is 0.00637. The van der Waals surface area contributed by atoms with Crippen molar-refractivity contribution in [3.05, 3.63) is 0 Å². The number of nitrogens with one attached hydrogen (secondary N) is 2. The number of halogens is 3. The molecule has 6 nitrogen and oxygen atoms in total. The molecule has 0 atom stereocenters. The molecule has 0 unspecified atom stereocenters. The molecule has 1 saturated heterocycles. The fourth-order valence-electron chi connectivity index (χ4n) is 3.64. The van der Waals surface area contributed by atoms with Crippen LogP contribution in [-0.2, 0) is 10.0 Å². The van der Waals surface area contributed by atoms with Crippen molar-refractivity contribution in [3.8, 4) is 0 Å². The van der Waals surface area contributed by atoms with E-state index in [-0.39, 0.29) is 18.9 Å². The van der Waals surface area contributed by atoms with E-state index in [0.717, 1.165) is 12.8 Å². The number of nitrogens with zero attached hydrogens (tertiary/aromatic N) is 2. The van der Waals surface area contributed by atoms with Gasteiger partial charge in [-0.15, -0.1) is 0 Å². The molecule has 0 amide bonds. The van der Waals surface area contributed by atoms with Crippen molar-refractivity contribution in [2.24, 2.45) is 16.8 Å². The first-order valence-electron chi connectivity index (χ1n) is 9.08. The van der Waals surface area contributed by atoms with Gasteiger partial charge in [-0.25, -0.2) is 12.7 Å². The number of aliphatic imine (C=N–C) groups is 1. The summed E-state index contributed by atoms with van der Waals surface area (Å²) in [7, 11) is -1.48. The van der Waals surface area contributed by atoms with Crippen LogP contribution >= 0.6 is 0 Å². The van der Waals surface area contributed by atoms with Crippen LogP contribution < -0.4 is 10.6 Å². The summed E-state index contributed by atoms with van der Waals surface area (Å²) in [5.41, 5.74) is 0. The van der Waals surface area contributed by atoms with Gasteiger partial charge in [0.2, 0.25) is 10.0 Å². The number of alkyl halides is 3. The fourth-order valence-corrected chi connectivity index (χ4v) is 4.51. The van der Waals surface area contributed by atoms with Crippen molar-refractivity contribution in [1.29, 1.82) is 0 Å². The van der Waals surface area contributed by atoms with E-state index in [9.17, 15) is 21.6 Å². The van der Waals surface area contributed by atoms with Crippen LogP contribution in [0.4, 0.5) is 13.2 Å². The van der Waals surface area contributed by atoms with Gasteiger partial charge in [-0.1, -0.05) is 0 Å². The SMILES string of the molecule is CN=C(NCC1CCN(S(C)(=O)=O)CC1)NC1CCC(C(F)(F)F)CC1. The summed E-state index contributed by atoms with van der Waals surface area (Å²) in [6.45, 7) is 1.73. The second kappa shape index (κ2) is 8.77. The van der Waals surface area contributed by atoms with E-state index in [1.165, 1.54) is 10.6 Å². The molecule has 1 aliphatic carbocycles. The Morgan fingerprint density at radius 3 is 2.15 bits per heavy atom. The zero-order valence-electron chi connectivity index (χ0n) is 15.3. The molecule has 2 N–H and O–H groups in total. The van der Waals surface area contributed by atoms with Crippen molar-refractivity contribution < 1.29 is 21.6 Å². The molecule has 1 heterocycles. The molecule has 2 aliphatic rings. The zero-order chi connectivity index (χ0) is 19.4. The molecule has 0 bridgehead atoms. The van der Waals surface area contributed by atoms with Crippen molar-refractivity contribution in [1.82, 2.24) is 14.9 Å². The topological polar surface area (TPSA) is 73.8 Å². The van der Waals surface area contributed by atoms with E-state index in [2.05, 4.69) is 15.6 Å². The standard InChI is InChI=1S/C16H29F3N4O2S/c1-20-15(22-14-5-3-13(4-6-14)16(17,18)19)21-11-12-7-9-23(10-8-12)26(2,24)25/h12-14H,3-11H2,1-2H3,(H2,20,21,22). The number of hydrogen-bond donors (Lipinski definition) is 2. The van der Waals surface area contributed by atoms with Crippen LogP contribution in [-0.4, -0.2) is 63.8 Å². The third kappa shape index (κ3) is 6.29. The summed E-state index contributed by atoms with van der Waals surface area (Å²) < 4.78 is 62.7. The van der Waals surface area contributed by atoms with Crippen LogP contribution in [0.2, 0.25) is 0 Å². The summed E-state index contributed by atoms with van der Waals surface area (Å²) in [6.07, 6.45) is -0.0163. The highest BCUT2D eigenvalue weighted by Gasteiger charge is 2.41. The average Bonchev–Trinajstić information content (AvgIpc) is 2.58. The third-order valence-electron chi connectivity index (χ3n) is 5.36. The lowest BCUT2D eigenvalue weighted by atomic mass is 9.85. The van der Waals surface area contributed by atoms with E-state index in [4.69, 9.17) is 0 Å². The smallest absolute Gasteiger partial charge is 0.356 e. The Morgan fingerprint density at radius 1 is 1.12 bits per heavy atom. The van der Waals surface area contributed by atoms with Gasteiger partial charge in [0.25, 0.3) is 0 Å². The molecule has 0 spiro atoms. The van der Waals surface area contributed by atoms with Crippen molar-refractivity contribution in [3.63, 3.8) is 0 Å². The minimum absolute atomic E-state index is 0.00637. The second-order valence-electron chi connectivity index (χ2n) is 7.29. The molecule has 152 valence electrons. The number of hydrogen-bond acceptors (Lipinski definition) is 3. The number of rotatable bonds is 4. The average molecular weight is 398 g/mol. The first-order chi connectivity index (χ1) is 12.1. The lowest BCUT2D eigenvalue weighted by molar-refractivity contribution is -0.182. The lowest BCUT2D eigenvalue weighted by Gasteiger charge is -2.32. The van der Waals surface area contributed by atoms with Crippen LogP contribution in [0.3, 0.4) is 0 Å². The minimum atomic E-state index is -4.09. The minimum Gasteiger partial charge on any atom is -0.356 e. The van der Waals surface area contributed by atoms with Gasteiger partial charge in [0.15, 0.2) is 5.96 Å². The second-order valence-corrected chi connectivity index (χ2v) is 9.28. The van der Waals surface area contributed by atoms with Gasteiger partial charge in [-0.2, -0.15) is 13.2 Å². The maximum atomic E-state index is 12.7. The molecule has 1 saturated carbocycles. The Labute approximate surface area is 153 Å². The van der Waals surface area contributed by atoms with Gasteiger partial charge in [0, 0.05) is 32.7 Å². The van der Waals surface area contributed by atoms with Crippen LogP contribution in [0.15, 0.2) is 4.99 Å². The Kier molecular flexibility index (Phi) is 7.18. The molecule has 0 radical (unpaired) electrons. The van der Waals surface area contributed by atoms with Crippen molar-refractivity contribution in [2.75, 3.05) is 32.9 Å². The molecule has 26 heavy (non-hydrogen) atoms. The normalized spacial score (nSPS) is 27.3. The maximum Gasteiger partial charge on any atom is 0.391 e. The predicted molar refractivity (Wildman–Crippen MR) is 95.4 cm³/mol. The van der Waals surface area contributed by atoms with Gasteiger partial charge >= 0.3 is 6.18 Å². The maximum absolute atomic E-state index is 12.7. The quantitative estimate of drug-likeness (QED) is 0.561. The van der Waals surface area contributed by atoms with E-state index >= 15 is 0 Å². The first kappa shape index (κ1) is 21.3. The summed E-state index contributed by atoms with van der Waals surface area (Å²) in [5, 5.41) is 6.45. The third-order valence-corrected chi connectivity index (χ3v) is 6.66. The Bertz CT molecular complexity index is 579. The molecule has 1 aliphatic heterocycles. The van der Waals surface area contributed by atoms with Gasteiger partial charge in [0.1, 0.15) is 0 Å². The largest absolute Gasteiger partial charge is 0.391 e. The lowest BCUT2D eigenvalue weighted by Crippen LogP contribution is -2.48. The number of guanidine groups is 1. The monoisotopic (exact) mass is 398 g/mol. The van der Waals surface area contributed by atoms with Gasteiger partial charge < -0.3 is 10.6 Å². The van der Waals surface area contributed by atoms with Crippen LogP contribution in [0, 0.1) is 11.8 Å². The molecule has 2 rings (SSSR count). The van der Waals surface area contributed by atoms with Crippen LogP contribution in [0.25, 0.3) is 0 Å².